The van der Waals surface area contributed by atoms with Gasteiger partial charge in [0.05, 0.1) is 0 Å². The van der Waals surface area contributed by atoms with E-state index in [1.807, 2.05) is 24.3 Å². The monoisotopic (exact) mass is 868 g/mol. The lowest BCUT2D eigenvalue weighted by Gasteiger charge is -2.20. The molecule has 2 aliphatic carbocycles. The van der Waals surface area contributed by atoms with E-state index in [0.29, 0.717) is 11.1 Å². The number of halogens is 2. The van der Waals surface area contributed by atoms with Crippen molar-refractivity contribution in [2.24, 2.45) is 0 Å². The molecule has 0 saturated heterocycles. The number of alkyl halides is 2. The Bertz CT molecular complexity index is 3980. The van der Waals surface area contributed by atoms with Gasteiger partial charge in [0.2, 0.25) is 0 Å². The van der Waals surface area contributed by atoms with E-state index in [4.69, 9.17) is 0 Å². The fourth-order valence-corrected chi connectivity index (χ4v) is 12.6. The molecule has 0 radical (unpaired) electrons. The molecule has 316 valence electrons. The minimum absolute atomic E-state index is 0.493. The van der Waals surface area contributed by atoms with E-state index in [2.05, 4.69) is 182 Å². The van der Waals surface area contributed by atoms with E-state index in [-0.39, 0.29) is 0 Å². The third kappa shape index (κ3) is 4.91. The average molecular weight is 869 g/mol. The Hall–Kier alpha value is -8.46. The molecule has 0 nitrogen and oxygen atoms in total. The van der Waals surface area contributed by atoms with Gasteiger partial charge in [0.1, 0.15) is 13.3 Å². The van der Waals surface area contributed by atoms with Crippen LogP contribution < -0.4 is 0 Å². The molecule has 0 spiro atoms. The summed E-state index contributed by atoms with van der Waals surface area (Å²) < 4.78 is 27.9. The summed E-state index contributed by atoms with van der Waals surface area (Å²) in [5.74, 6) is 0. The van der Waals surface area contributed by atoms with Gasteiger partial charge in [-0.05, 0) is 165 Å². The van der Waals surface area contributed by atoms with Crippen LogP contribution in [0.25, 0.3) is 154 Å². The number of benzene rings is 13. The highest BCUT2D eigenvalue weighted by Gasteiger charge is 2.35. The fraction of sp³-hybridized carbons (Fsp3) is 0.0303. The van der Waals surface area contributed by atoms with Crippen molar-refractivity contribution >= 4 is 64.6 Å². The molecular weight excluding hydrogens is 831 g/mol. The van der Waals surface area contributed by atoms with Gasteiger partial charge < -0.3 is 0 Å². The Morgan fingerprint density at radius 3 is 0.750 bits per heavy atom. The largest absolute Gasteiger partial charge is 0.246 e. The zero-order valence-electron chi connectivity index (χ0n) is 36.8. The first-order chi connectivity index (χ1) is 33.7. The molecular formula is C66H38F2. The molecule has 0 heterocycles. The van der Waals surface area contributed by atoms with Gasteiger partial charge in [-0.3, -0.25) is 0 Å². The molecule has 0 unspecified atom stereocenters. The Morgan fingerprint density at radius 2 is 0.471 bits per heavy atom. The van der Waals surface area contributed by atoms with E-state index in [0.717, 1.165) is 11.1 Å². The summed E-state index contributed by atoms with van der Waals surface area (Å²) in [5.41, 5.74) is 20.7. The molecule has 0 aromatic heterocycles. The summed E-state index contributed by atoms with van der Waals surface area (Å²) in [6.07, 6.45) is 0. The van der Waals surface area contributed by atoms with Crippen LogP contribution in [0.4, 0.5) is 8.78 Å². The van der Waals surface area contributed by atoms with Crippen LogP contribution in [0, 0.1) is 0 Å². The third-order valence-electron chi connectivity index (χ3n) is 15.3. The first kappa shape index (κ1) is 37.7. The fourth-order valence-electron chi connectivity index (χ4n) is 12.6. The molecule has 0 bridgehead atoms. The predicted molar refractivity (Wildman–Crippen MR) is 283 cm³/mol. The van der Waals surface area contributed by atoms with Crippen molar-refractivity contribution < 1.29 is 8.78 Å². The van der Waals surface area contributed by atoms with E-state index in [9.17, 15) is 8.78 Å². The van der Waals surface area contributed by atoms with Crippen LogP contribution in [0.1, 0.15) is 11.1 Å². The van der Waals surface area contributed by atoms with E-state index in [1.165, 1.54) is 143 Å². The number of hydrogen-bond donors (Lipinski definition) is 0. The van der Waals surface area contributed by atoms with Gasteiger partial charge in [0.15, 0.2) is 0 Å². The molecule has 2 heteroatoms. The summed E-state index contributed by atoms with van der Waals surface area (Å²) in [7, 11) is 0. The number of hydrogen-bond acceptors (Lipinski definition) is 0. The van der Waals surface area contributed by atoms with Crippen molar-refractivity contribution in [3.8, 4) is 89.0 Å². The molecule has 0 fully saturated rings. The van der Waals surface area contributed by atoms with Gasteiger partial charge >= 0.3 is 0 Å². The summed E-state index contributed by atoms with van der Waals surface area (Å²) in [6, 6.07) is 74.5. The second kappa shape index (κ2) is 14.0. The van der Waals surface area contributed by atoms with Crippen LogP contribution in [0.2, 0.25) is 0 Å². The summed E-state index contributed by atoms with van der Waals surface area (Å²) in [5, 5.41) is 14.9. The van der Waals surface area contributed by atoms with Crippen LogP contribution in [0.5, 0.6) is 0 Å². The SMILES string of the molecule is FCc1ccc(-c2c3c(c(-c4ccccc4)c4ccccc24)-c2ccc4c5ccc6c7c(ccc(c8ccc-3c2c48)c75)-c2c-6c(-c3ccccc3)c3ccccc3c2-c2ccc(CF)cc2)cc1. The van der Waals surface area contributed by atoms with Gasteiger partial charge in [-0.15, -0.1) is 0 Å². The summed E-state index contributed by atoms with van der Waals surface area (Å²) in [6.45, 7) is -0.986. The highest BCUT2D eigenvalue weighted by atomic mass is 19.1. The normalized spacial score (nSPS) is 12.4. The molecule has 2 aliphatic rings. The van der Waals surface area contributed by atoms with E-state index >= 15 is 0 Å². The third-order valence-corrected chi connectivity index (χ3v) is 15.3. The average Bonchev–Trinajstić information content (AvgIpc) is 3.92. The van der Waals surface area contributed by atoms with Crippen molar-refractivity contribution in [3.63, 3.8) is 0 Å². The van der Waals surface area contributed by atoms with E-state index < -0.39 is 13.3 Å². The van der Waals surface area contributed by atoms with Crippen LogP contribution >= 0.6 is 0 Å². The lowest BCUT2D eigenvalue weighted by molar-refractivity contribution is 0.485. The number of fused-ring (bicyclic) bond motifs is 10. The maximum Gasteiger partial charge on any atom is 0.115 e. The van der Waals surface area contributed by atoms with Gasteiger partial charge in [-0.25, -0.2) is 8.78 Å². The van der Waals surface area contributed by atoms with Crippen molar-refractivity contribution in [3.05, 3.63) is 217 Å². The first-order valence-electron chi connectivity index (χ1n) is 23.5. The Kier molecular flexibility index (Phi) is 7.78. The lowest BCUT2D eigenvalue weighted by atomic mass is 9.82. The molecule has 13 aromatic carbocycles. The predicted octanol–water partition coefficient (Wildman–Crippen LogP) is 18.9. The quantitative estimate of drug-likeness (QED) is 0.115. The number of rotatable bonds is 6. The lowest BCUT2D eigenvalue weighted by Crippen LogP contribution is -1.93. The van der Waals surface area contributed by atoms with Crippen LogP contribution in [0.15, 0.2) is 206 Å². The molecule has 0 N–H and O–H groups in total. The summed E-state index contributed by atoms with van der Waals surface area (Å²) in [4.78, 5) is 0. The zero-order chi connectivity index (χ0) is 44.8. The summed E-state index contributed by atoms with van der Waals surface area (Å²) >= 11 is 0. The molecule has 0 aliphatic heterocycles. The molecule has 15 rings (SSSR count). The van der Waals surface area contributed by atoms with Crippen molar-refractivity contribution in [2.75, 3.05) is 0 Å². The standard InChI is InChI=1S/C66H38F2/c67-35-37-19-23-41(24-20-37)57-45-17-9-7-15-43(45)55(39-11-3-1-4-12-39)63-51-31-27-47-48-28-32-52-62-54(34-30-50(60(48)62)49-29-33-53(65(57)63)61(51)59(47)49)66-58(42-25-21-38(36-68)22-26-42)46-18-10-8-16-44(46)56(64(52)66)40-13-5-2-6-14-40/h1-34H,35-36H2. The van der Waals surface area contributed by atoms with Gasteiger partial charge in [-0.1, -0.05) is 206 Å². The minimum atomic E-state index is -0.493. The van der Waals surface area contributed by atoms with Gasteiger partial charge in [-0.2, -0.15) is 0 Å². The van der Waals surface area contributed by atoms with E-state index in [1.54, 1.807) is 0 Å². The van der Waals surface area contributed by atoms with Crippen molar-refractivity contribution in [1.82, 2.24) is 0 Å². The van der Waals surface area contributed by atoms with Gasteiger partial charge in [0.25, 0.3) is 0 Å². The Labute approximate surface area is 391 Å². The van der Waals surface area contributed by atoms with Crippen LogP contribution in [-0.2, 0) is 13.3 Å². The molecule has 68 heavy (non-hydrogen) atoms. The van der Waals surface area contributed by atoms with Crippen LogP contribution in [-0.4, -0.2) is 0 Å². The zero-order valence-corrected chi connectivity index (χ0v) is 36.8. The molecule has 0 saturated carbocycles. The highest BCUT2D eigenvalue weighted by molar-refractivity contribution is 6.42. The second-order valence-electron chi connectivity index (χ2n) is 18.6. The Balaban J connectivity index is 1.07. The van der Waals surface area contributed by atoms with Gasteiger partial charge in [0, 0.05) is 0 Å². The first-order valence-corrected chi connectivity index (χ1v) is 23.5. The molecule has 0 amide bonds. The maximum atomic E-state index is 14.0. The topological polar surface area (TPSA) is 0 Å². The minimum Gasteiger partial charge on any atom is -0.246 e. The smallest absolute Gasteiger partial charge is 0.115 e. The van der Waals surface area contributed by atoms with Crippen molar-refractivity contribution in [1.29, 1.82) is 0 Å². The highest BCUT2D eigenvalue weighted by Crippen LogP contribution is 2.62. The van der Waals surface area contributed by atoms with Crippen LogP contribution in [0.3, 0.4) is 0 Å². The Morgan fingerprint density at radius 1 is 0.206 bits per heavy atom. The second-order valence-corrected chi connectivity index (χ2v) is 18.6. The molecule has 13 aromatic rings. The van der Waals surface area contributed by atoms with Crippen molar-refractivity contribution in [2.45, 2.75) is 13.3 Å². The molecule has 0 atom stereocenters. The maximum absolute atomic E-state index is 14.0.